The highest BCUT2D eigenvalue weighted by atomic mass is 16.1. The van der Waals surface area contributed by atoms with Gasteiger partial charge in [-0.05, 0) is 52.7 Å². The average molecular weight is 924 g/mol. The minimum Gasteiger partial charge on any atom is -0.294 e. The first-order valence-corrected chi connectivity index (χ1v) is 22.1. The van der Waals surface area contributed by atoms with Crippen LogP contribution in [-0.2, 0) is 6.42 Å². The molecule has 4 rings (SSSR count). The molecule has 1 heteroatoms. The van der Waals surface area contributed by atoms with Crippen molar-refractivity contribution in [2.24, 2.45) is 21.7 Å². The Morgan fingerprint density at radius 3 is 0.939 bits per heavy atom. The summed E-state index contributed by atoms with van der Waals surface area (Å²) >= 11 is 0. The van der Waals surface area contributed by atoms with Crippen LogP contribution in [0.4, 0.5) is 0 Å². The number of benzene rings is 4. The van der Waals surface area contributed by atoms with Gasteiger partial charge >= 0.3 is 0 Å². The Hall–Kier alpha value is -3.97. The van der Waals surface area contributed by atoms with Gasteiger partial charge in [-0.15, -0.1) is 0 Å². The van der Waals surface area contributed by atoms with E-state index in [0.717, 1.165) is 18.4 Å². The van der Waals surface area contributed by atoms with Gasteiger partial charge < -0.3 is 0 Å². The van der Waals surface area contributed by atoms with E-state index in [1.165, 1.54) is 16.7 Å². The number of hydrogen-bond acceptors (Lipinski definition) is 1. The minimum absolute atomic E-state index is 0. The van der Waals surface area contributed by atoms with Crippen molar-refractivity contribution in [3.8, 4) is 0 Å². The van der Waals surface area contributed by atoms with Crippen LogP contribution in [-0.4, -0.2) is 5.78 Å². The van der Waals surface area contributed by atoms with Gasteiger partial charge in [-0.2, -0.15) is 0 Å². The first-order valence-electron chi connectivity index (χ1n) is 22.1. The normalized spacial score (nSPS) is 9.06. The van der Waals surface area contributed by atoms with Crippen LogP contribution < -0.4 is 0 Å². The van der Waals surface area contributed by atoms with E-state index in [1.807, 2.05) is 144 Å². The van der Waals surface area contributed by atoms with Crippen LogP contribution in [0, 0.1) is 21.7 Å². The molecule has 4 aromatic rings. The smallest absolute Gasteiger partial charge is 0.168 e. The first-order chi connectivity index (χ1) is 27.1. The van der Waals surface area contributed by atoms with Crippen molar-refractivity contribution < 1.29 is 4.79 Å². The fraction of sp³-hybridized carbons (Fsp3) is 0.554. The minimum atomic E-state index is -0.276. The van der Waals surface area contributed by atoms with Crippen molar-refractivity contribution in [3.05, 3.63) is 156 Å². The third-order valence-corrected chi connectivity index (χ3v) is 6.29. The van der Waals surface area contributed by atoms with Crippen molar-refractivity contribution in [2.45, 2.75) is 225 Å². The standard InChI is InChI=1S/C13H18.C11H14O.C11H16.C9H10.C5H12.4C2H6.8CH4/c1-13(2,3)11-7-10-12-8-5-4-6-9-12;1-11(2,3)10(12)9-7-5-4-6-8-9;1-11(2,3)9-10-7-5-4-6-8-10;1-2-6-9-7-4-3-5-8-9;1-5(2,3)4;4*1-2;;;;;;;;/h4-10H,11H2,1-3H3;4-8H,1-3H3;4-8H,9H2,1-3H3;2-8H,1H3;1-4H3;4*1-2H3;8*1H4/b10-7+;;;6-2-;;;;;;;;;;;;;. The summed E-state index contributed by atoms with van der Waals surface area (Å²) in [6.45, 7) is 46.1. The van der Waals surface area contributed by atoms with E-state index < -0.39 is 0 Å². The molecule has 0 heterocycles. The molecule has 0 atom stereocenters. The largest absolute Gasteiger partial charge is 0.294 e. The number of ketones is 1. The number of rotatable bonds is 5. The third kappa shape index (κ3) is 74.4. The molecule has 0 bridgehead atoms. The van der Waals surface area contributed by atoms with E-state index in [9.17, 15) is 4.79 Å². The highest BCUT2D eigenvalue weighted by Gasteiger charge is 2.22. The van der Waals surface area contributed by atoms with Crippen molar-refractivity contribution in [3.63, 3.8) is 0 Å². The van der Waals surface area contributed by atoms with Crippen LogP contribution in [0.2, 0.25) is 0 Å². The van der Waals surface area contributed by atoms with Gasteiger partial charge in [-0.1, -0.05) is 350 Å². The van der Waals surface area contributed by atoms with Crippen molar-refractivity contribution in [1.82, 2.24) is 0 Å². The molecule has 0 aliphatic rings. The Bertz CT molecular complexity index is 1440. The lowest BCUT2D eigenvalue weighted by Gasteiger charge is -2.17. The second-order valence-electron chi connectivity index (χ2n) is 17.7. The van der Waals surface area contributed by atoms with Crippen LogP contribution in [0.1, 0.15) is 245 Å². The van der Waals surface area contributed by atoms with E-state index in [4.69, 9.17) is 0 Å². The van der Waals surface area contributed by atoms with Crippen LogP contribution >= 0.6 is 0 Å². The molecule has 0 saturated heterocycles. The lowest BCUT2D eigenvalue weighted by Crippen LogP contribution is -2.19. The summed E-state index contributed by atoms with van der Waals surface area (Å²) < 4.78 is 0. The summed E-state index contributed by atoms with van der Waals surface area (Å²) in [6, 6.07) is 40.7. The predicted molar refractivity (Wildman–Crippen MR) is 325 cm³/mol. The quantitative estimate of drug-likeness (QED) is 0.182. The molecule has 4 aromatic carbocycles. The third-order valence-electron chi connectivity index (χ3n) is 6.29. The molecule has 0 fully saturated rings. The Kier molecular flexibility index (Phi) is 86.0. The fourth-order valence-corrected chi connectivity index (χ4v) is 4.10. The molecule has 0 N–H and O–H groups in total. The Morgan fingerprint density at radius 2 is 0.682 bits per heavy atom. The summed E-state index contributed by atoms with van der Waals surface area (Å²) in [6.07, 6.45) is 10.8. The molecule has 0 amide bonds. The van der Waals surface area contributed by atoms with Gasteiger partial charge in [0.15, 0.2) is 5.78 Å². The Balaban J connectivity index is -0.0000000459. The lowest BCUT2D eigenvalue weighted by atomic mass is 9.87. The molecular formula is C65H126O. The van der Waals surface area contributed by atoms with Gasteiger partial charge in [0.25, 0.3) is 0 Å². The first kappa shape index (κ1) is 96.1. The number of hydrogen-bond donors (Lipinski definition) is 0. The van der Waals surface area contributed by atoms with Crippen LogP contribution in [0.25, 0.3) is 12.2 Å². The highest BCUT2D eigenvalue weighted by Crippen LogP contribution is 2.21. The molecule has 0 unspecified atom stereocenters. The monoisotopic (exact) mass is 923 g/mol. The van der Waals surface area contributed by atoms with E-state index in [-0.39, 0.29) is 70.6 Å². The van der Waals surface area contributed by atoms with Crippen LogP contribution in [0.3, 0.4) is 0 Å². The zero-order chi connectivity index (χ0) is 46.3. The van der Waals surface area contributed by atoms with Crippen molar-refractivity contribution in [1.29, 1.82) is 0 Å². The summed E-state index contributed by atoms with van der Waals surface area (Å²) in [5, 5.41) is 0. The Morgan fingerprint density at radius 1 is 0.409 bits per heavy atom. The van der Waals surface area contributed by atoms with Gasteiger partial charge in [0.2, 0.25) is 0 Å². The molecule has 0 aliphatic carbocycles. The molecule has 0 spiro atoms. The molecule has 0 aliphatic heterocycles. The summed E-state index contributed by atoms with van der Waals surface area (Å²) in [5.74, 6) is 0.197. The SMILES string of the molecule is C.C.C.C.C.C.C.C.C/C=C\c1ccccc1.CC.CC.CC.CC.CC(C)(C)C.CC(C)(C)C(=O)c1ccccc1.CC(C)(C)C/C=C/c1ccccc1.CC(C)(C)Cc1ccccc1. The second kappa shape index (κ2) is 59.0. The van der Waals surface area contributed by atoms with E-state index >= 15 is 0 Å². The molecular weight excluding hydrogens is 797 g/mol. The lowest BCUT2D eigenvalue weighted by molar-refractivity contribution is 0.0858. The molecule has 392 valence electrons. The zero-order valence-electron chi connectivity index (χ0n) is 42.2. The molecule has 0 radical (unpaired) electrons. The van der Waals surface area contributed by atoms with Gasteiger partial charge in [0.1, 0.15) is 0 Å². The van der Waals surface area contributed by atoms with E-state index in [2.05, 4.69) is 154 Å². The van der Waals surface area contributed by atoms with Gasteiger partial charge in [-0.25, -0.2) is 0 Å². The van der Waals surface area contributed by atoms with E-state index in [0.29, 0.717) is 16.2 Å². The van der Waals surface area contributed by atoms with Crippen LogP contribution in [0.5, 0.6) is 0 Å². The number of carbonyl (C=O) groups is 1. The van der Waals surface area contributed by atoms with Crippen molar-refractivity contribution >= 4 is 17.9 Å². The predicted octanol–water partition coefficient (Wildman–Crippen LogP) is 24.3. The van der Waals surface area contributed by atoms with Gasteiger partial charge in [0.05, 0.1) is 0 Å². The molecule has 66 heavy (non-hydrogen) atoms. The second-order valence-corrected chi connectivity index (χ2v) is 17.7. The maximum Gasteiger partial charge on any atom is 0.168 e. The Labute approximate surface area is 422 Å². The van der Waals surface area contributed by atoms with Gasteiger partial charge in [0, 0.05) is 11.0 Å². The average Bonchev–Trinajstić information content (AvgIpc) is 3.18. The number of Topliss-reactive ketones (excluding diaryl/α,β-unsaturated/α-hetero) is 1. The molecule has 0 saturated carbocycles. The summed E-state index contributed by atoms with van der Waals surface area (Å²) in [4.78, 5) is 11.7. The van der Waals surface area contributed by atoms with Gasteiger partial charge in [-0.3, -0.25) is 4.79 Å². The maximum absolute atomic E-state index is 11.7. The maximum atomic E-state index is 11.7. The van der Waals surface area contributed by atoms with E-state index in [1.54, 1.807) is 0 Å². The topological polar surface area (TPSA) is 17.1 Å². The zero-order valence-corrected chi connectivity index (χ0v) is 42.2. The molecule has 0 aromatic heterocycles. The number of allylic oxidation sites excluding steroid dienone is 2. The highest BCUT2D eigenvalue weighted by molar-refractivity contribution is 5.99. The fourth-order valence-electron chi connectivity index (χ4n) is 4.10. The molecule has 1 nitrogen and oxygen atoms in total. The van der Waals surface area contributed by atoms with Crippen molar-refractivity contribution in [2.75, 3.05) is 0 Å². The summed E-state index contributed by atoms with van der Waals surface area (Å²) in [5.41, 5.74) is 5.80. The number of carbonyl (C=O) groups excluding carboxylic acids is 1. The summed E-state index contributed by atoms with van der Waals surface area (Å²) in [7, 11) is 0. The van der Waals surface area contributed by atoms with Crippen LogP contribution in [0.15, 0.2) is 133 Å².